The fourth-order valence-corrected chi connectivity index (χ4v) is 12.2. The number of ether oxygens (including phenoxy) is 2. The second-order valence-electron chi connectivity index (χ2n) is 23.4. The fourth-order valence-electron chi connectivity index (χ4n) is 11.8. The monoisotopic (exact) mass is 1320 g/mol. The average molecular weight is 1320 g/mol. The average Bonchev–Trinajstić information content (AvgIpc) is 2.76. The number of nitrogens with zero attached hydrogens (tertiary/aromatic N) is 4. The van der Waals surface area contributed by atoms with Gasteiger partial charge in [-0.05, 0) is 82.2 Å². The summed E-state index contributed by atoms with van der Waals surface area (Å²) >= 11 is 10.1. The molecule has 1 fully saturated rings. The Balaban J connectivity index is 0.979. The third kappa shape index (κ3) is 22.5. The SMILES string of the molecule is O=C1NCCN2CCNC(=O)C3=CCC[C@H](C(=O)NCCN(CCNC(=O)[C@H]4CCC=C(C(=O)NCC2)C4O)CCN(CCN[C@@H](O)C2=C(O)[C@@H](C(=O)NCCOCCOCCNC(=S)N[C@@H]4C=C[C@H](N=C=S)CC4)CC=C2)CCNC(=O)C2=C(O)C1=CCC2)C3O. The van der Waals surface area contributed by atoms with Crippen molar-refractivity contribution in [2.24, 2.45) is 22.7 Å². The van der Waals surface area contributed by atoms with Crippen LogP contribution in [0.2, 0.25) is 0 Å². The first kappa shape index (κ1) is 72.6. The molecule has 0 spiro atoms. The standard InChI is InChI=1S/C62H92N14O14S2/c77-50-42-5-1-8-45(50)57(84)66-20-29-75-30-21-67-58(85)46-9-2-6-43(51(46)78)55(82)64-18-27-74(26-17-63-54(42)81)28-19-65-56(83)44-7-3-10-47(52(44)79)59(86)68-22-31-76(34-33-75)32-23-69-60(87)48-11-4-12-49(53(48)80)61(88)70-24-35-89-37-38-90-36-25-71-62(92)73-41-15-13-40(14-16-41)72-39-91/h4-7,11,13,15,40-41,45-46,49-51,60,69,77-80,87H,1-3,8-10,12,14,16-38H2,(H,63,81)(H,64,82)(H,65,83)(H,66,84)(H,67,85)(H,68,86)(H,70,88)(H2,71,73,92)/t40-,41+,45-,46-,49-,50?,51?,60-/m0/s1. The van der Waals surface area contributed by atoms with Gasteiger partial charge >= 0.3 is 0 Å². The van der Waals surface area contributed by atoms with Gasteiger partial charge in [0.1, 0.15) is 17.7 Å². The number of carbonyl (C=O) groups excluding carboxylic acids is 7. The van der Waals surface area contributed by atoms with E-state index in [1.807, 2.05) is 26.9 Å². The second-order valence-corrected chi connectivity index (χ2v) is 23.9. The smallest absolute Gasteiger partial charge is 0.254 e. The van der Waals surface area contributed by atoms with Crippen LogP contribution in [0.1, 0.15) is 57.8 Å². The number of aliphatic imine (C=N–C) groups is 1. The van der Waals surface area contributed by atoms with Crippen molar-refractivity contribution in [2.45, 2.75) is 88.3 Å². The van der Waals surface area contributed by atoms with Crippen LogP contribution in [0.3, 0.4) is 0 Å². The van der Waals surface area contributed by atoms with Gasteiger partial charge in [0.25, 0.3) is 11.8 Å². The zero-order valence-corrected chi connectivity index (χ0v) is 53.7. The summed E-state index contributed by atoms with van der Waals surface area (Å²) in [5, 5.41) is 89.4. The van der Waals surface area contributed by atoms with Crippen molar-refractivity contribution in [1.82, 2.24) is 67.9 Å². The van der Waals surface area contributed by atoms with Gasteiger partial charge in [-0.2, -0.15) is 0 Å². The Bertz CT molecular complexity index is 2810. The van der Waals surface area contributed by atoms with Crippen LogP contribution in [0.15, 0.2) is 86.9 Å². The first-order chi connectivity index (χ1) is 44.5. The van der Waals surface area contributed by atoms with Crippen molar-refractivity contribution in [3.8, 4) is 0 Å². The predicted molar refractivity (Wildman–Crippen MR) is 348 cm³/mol. The number of aliphatic hydroxyl groups is 5. The minimum Gasteiger partial charge on any atom is -0.511 e. The van der Waals surface area contributed by atoms with Gasteiger partial charge in [-0.3, -0.25) is 53.6 Å². The summed E-state index contributed by atoms with van der Waals surface area (Å²) in [5.74, 6) is -7.15. The second kappa shape index (κ2) is 38.4. The molecule has 28 nitrogen and oxygen atoms in total. The van der Waals surface area contributed by atoms with E-state index in [-0.39, 0.29) is 170 Å². The van der Waals surface area contributed by atoms with E-state index in [4.69, 9.17) is 33.9 Å². The van der Waals surface area contributed by atoms with Gasteiger partial charge in [-0.1, -0.05) is 42.5 Å². The molecule has 1 saturated heterocycles. The van der Waals surface area contributed by atoms with Crippen molar-refractivity contribution >= 4 is 76.1 Å². The van der Waals surface area contributed by atoms with Crippen LogP contribution in [-0.4, -0.2) is 267 Å². The zero-order valence-electron chi connectivity index (χ0n) is 52.1. The summed E-state index contributed by atoms with van der Waals surface area (Å²) < 4.78 is 11.3. The summed E-state index contributed by atoms with van der Waals surface area (Å²) in [4.78, 5) is 105. The molecule has 0 radical (unpaired) electrons. The Morgan fingerprint density at radius 2 is 1.23 bits per heavy atom. The van der Waals surface area contributed by atoms with E-state index >= 15 is 0 Å². The molecule has 8 aliphatic rings. The van der Waals surface area contributed by atoms with E-state index < -0.39 is 83.3 Å². The molecule has 506 valence electrons. The van der Waals surface area contributed by atoms with Crippen LogP contribution < -0.4 is 53.2 Å². The van der Waals surface area contributed by atoms with Gasteiger partial charge in [0.15, 0.2) is 5.11 Å². The lowest BCUT2D eigenvalue weighted by molar-refractivity contribution is -0.130. The summed E-state index contributed by atoms with van der Waals surface area (Å²) in [7, 11) is 0. The van der Waals surface area contributed by atoms with E-state index in [1.165, 1.54) is 0 Å². The maximum Gasteiger partial charge on any atom is 0.254 e. The van der Waals surface area contributed by atoms with Crippen molar-refractivity contribution in [3.05, 3.63) is 81.9 Å². The van der Waals surface area contributed by atoms with Crippen LogP contribution in [0.25, 0.3) is 0 Å². The Labute approximate surface area is 547 Å². The third-order valence-electron chi connectivity index (χ3n) is 17.1. The highest BCUT2D eigenvalue weighted by molar-refractivity contribution is 7.80. The van der Waals surface area contributed by atoms with E-state index in [9.17, 15) is 59.1 Å². The number of thiocarbonyl (C=S) groups is 2. The Kier molecular flexibility index (Phi) is 30.3. The number of carbonyl (C=O) groups is 7. The number of rotatable bonds is 17. The van der Waals surface area contributed by atoms with Crippen LogP contribution in [0.5, 0.6) is 0 Å². The van der Waals surface area contributed by atoms with Gasteiger partial charge in [0, 0.05) is 141 Å². The number of fused-ring (bicyclic) bond motifs is 21. The Hall–Kier alpha value is -6.80. The lowest BCUT2D eigenvalue weighted by Gasteiger charge is -2.31. The molecule has 92 heavy (non-hydrogen) atoms. The lowest BCUT2D eigenvalue weighted by atomic mass is 9.84. The molecule has 2 unspecified atom stereocenters. The highest BCUT2D eigenvalue weighted by Gasteiger charge is 2.37. The molecule has 8 atom stereocenters. The topological polar surface area (TPSA) is 381 Å². The van der Waals surface area contributed by atoms with Crippen LogP contribution in [-0.2, 0) is 43.0 Å². The van der Waals surface area contributed by atoms with Crippen molar-refractivity contribution in [2.75, 3.05) is 144 Å². The minimum atomic E-state index is -1.40. The summed E-state index contributed by atoms with van der Waals surface area (Å²) in [6.45, 7) is 4.91. The molecule has 15 N–H and O–H groups in total. The predicted octanol–water partition coefficient (Wildman–Crippen LogP) is -2.36. The number of isothiocyanates is 1. The van der Waals surface area contributed by atoms with Crippen molar-refractivity contribution < 1.29 is 68.6 Å². The number of allylic oxidation sites excluding steroid dienone is 4. The van der Waals surface area contributed by atoms with Gasteiger partial charge in [0.2, 0.25) is 29.5 Å². The van der Waals surface area contributed by atoms with Crippen molar-refractivity contribution in [3.63, 3.8) is 0 Å². The van der Waals surface area contributed by atoms with E-state index in [1.54, 1.807) is 30.4 Å². The summed E-state index contributed by atoms with van der Waals surface area (Å²) in [5.41, 5.74) is 0.216. The van der Waals surface area contributed by atoms with Crippen LogP contribution in [0.4, 0.5) is 0 Å². The quantitative estimate of drug-likeness (QED) is 0.0238. The molecular weight excluding hydrogens is 1230 g/mol. The van der Waals surface area contributed by atoms with Crippen LogP contribution >= 0.6 is 24.4 Å². The number of aliphatic hydroxyl groups excluding tert-OH is 5. The van der Waals surface area contributed by atoms with E-state index in [2.05, 4.69) is 63.3 Å². The molecule has 0 aromatic carbocycles. The molecule has 0 aromatic rings. The van der Waals surface area contributed by atoms with Gasteiger partial charge < -0.3 is 82.9 Å². The maximum atomic E-state index is 13.8. The number of nitrogens with one attached hydrogen (secondary N) is 10. The molecule has 3 aliphatic heterocycles. The number of hydrogen-bond acceptors (Lipinski definition) is 21. The van der Waals surface area contributed by atoms with E-state index in [0.29, 0.717) is 70.1 Å². The third-order valence-corrected chi connectivity index (χ3v) is 17.5. The Morgan fingerprint density at radius 3 is 1.83 bits per heavy atom. The van der Waals surface area contributed by atoms with E-state index in [0.717, 1.165) is 12.8 Å². The lowest BCUT2D eigenvalue weighted by Crippen LogP contribution is -2.49. The largest absolute Gasteiger partial charge is 0.511 e. The molecule has 8 bridgehead atoms. The molecule has 7 amide bonds. The minimum absolute atomic E-state index is 0.0361. The molecule has 0 aromatic heterocycles. The highest BCUT2D eigenvalue weighted by atomic mass is 32.1. The molecule has 30 heteroatoms. The Morgan fingerprint density at radius 1 is 0.663 bits per heavy atom. The highest BCUT2D eigenvalue weighted by Crippen LogP contribution is 2.29. The zero-order chi connectivity index (χ0) is 65.8. The molecule has 5 aliphatic carbocycles. The summed E-state index contributed by atoms with van der Waals surface area (Å²) in [6.07, 6.45) is 11.6. The first-order valence-electron chi connectivity index (χ1n) is 32.0. The van der Waals surface area contributed by atoms with Gasteiger partial charge in [0.05, 0.1) is 78.7 Å². The normalized spacial score (nSPS) is 27.6. The summed E-state index contributed by atoms with van der Waals surface area (Å²) in [6, 6.07) is 0.165. The van der Waals surface area contributed by atoms with Crippen molar-refractivity contribution in [1.29, 1.82) is 0 Å². The van der Waals surface area contributed by atoms with Gasteiger partial charge in [-0.15, -0.1) is 0 Å². The number of amides is 7. The van der Waals surface area contributed by atoms with Gasteiger partial charge in [-0.25, -0.2) is 4.99 Å². The molecule has 3 heterocycles. The number of hydrogen-bond donors (Lipinski definition) is 15. The molecule has 0 saturated carbocycles. The molecular formula is C62H92N14O14S2. The fraction of sp³-hybridized carbons (Fsp3) is 0.629. The first-order valence-corrected chi connectivity index (χ1v) is 32.8. The maximum absolute atomic E-state index is 13.8. The molecule has 8 rings (SSSR count). The van der Waals surface area contributed by atoms with Crippen LogP contribution in [0, 0.1) is 17.8 Å².